The minimum absolute atomic E-state index is 0.875. The summed E-state index contributed by atoms with van der Waals surface area (Å²) in [5.74, 6) is 0. The van der Waals surface area contributed by atoms with E-state index in [1.54, 1.807) is 0 Å². The van der Waals surface area contributed by atoms with Crippen LogP contribution < -0.4 is 0 Å². The predicted molar refractivity (Wildman–Crippen MR) is 67.7 cm³/mol. The first-order chi connectivity index (χ1) is 8.34. The number of hydrogen-bond donors (Lipinski definition) is 0. The topological polar surface area (TPSA) is 34.0 Å². The minimum atomic E-state index is 0.875. The maximum absolute atomic E-state index is 4.28. The van der Waals surface area contributed by atoms with E-state index in [1.807, 2.05) is 4.68 Å². The number of likely N-dealkylation sites (tertiary alicyclic amines) is 1. The van der Waals surface area contributed by atoms with Crippen molar-refractivity contribution in [2.45, 2.75) is 32.9 Å². The molecule has 1 fully saturated rings. The summed E-state index contributed by atoms with van der Waals surface area (Å²) in [5, 5.41) is 8.55. The SMILES string of the molecule is Cc1cccc2c1nnn2CN1CCCCC1. The van der Waals surface area contributed by atoms with E-state index in [-0.39, 0.29) is 0 Å². The number of piperidine rings is 1. The summed E-state index contributed by atoms with van der Waals surface area (Å²) in [6.07, 6.45) is 3.99. The number of nitrogens with zero attached hydrogens (tertiary/aromatic N) is 4. The van der Waals surface area contributed by atoms with Crippen molar-refractivity contribution >= 4 is 11.0 Å². The number of hydrogen-bond acceptors (Lipinski definition) is 3. The molecule has 90 valence electrons. The van der Waals surface area contributed by atoms with Gasteiger partial charge in [0, 0.05) is 0 Å². The number of benzene rings is 1. The van der Waals surface area contributed by atoms with Crippen LogP contribution in [0.25, 0.3) is 11.0 Å². The molecule has 4 heteroatoms. The molecule has 0 atom stereocenters. The summed E-state index contributed by atoms with van der Waals surface area (Å²) in [7, 11) is 0. The molecular weight excluding hydrogens is 212 g/mol. The van der Waals surface area contributed by atoms with Gasteiger partial charge < -0.3 is 0 Å². The fourth-order valence-corrected chi connectivity index (χ4v) is 2.52. The Labute approximate surface area is 101 Å². The molecule has 4 nitrogen and oxygen atoms in total. The van der Waals surface area contributed by atoms with E-state index in [4.69, 9.17) is 0 Å². The van der Waals surface area contributed by atoms with Gasteiger partial charge in [-0.25, -0.2) is 4.68 Å². The lowest BCUT2D eigenvalue weighted by Gasteiger charge is -2.26. The Kier molecular flexibility index (Phi) is 2.81. The normalized spacial score (nSPS) is 17.7. The average molecular weight is 230 g/mol. The molecule has 1 saturated heterocycles. The number of fused-ring (bicyclic) bond motifs is 1. The summed E-state index contributed by atoms with van der Waals surface area (Å²) < 4.78 is 2.02. The van der Waals surface area contributed by atoms with Crippen LogP contribution in [-0.2, 0) is 6.67 Å². The second kappa shape index (κ2) is 4.45. The van der Waals surface area contributed by atoms with Gasteiger partial charge in [0.15, 0.2) is 0 Å². The molecular formula is C13H18N4. The Morgan fingerprint density at radius 3 is 2.82 bits per heavy atom. The molecule has 0 radical (unpaired) electrons. The van der Waals surface area contributed by atoms with E-state index in [2.05, 4.69) is 40.3 Å². The molecule has 1 aromatic heterocycles. The molecule has 0 aliphatic carbocycles. The fourth-order valence-electron chi connectivity index (χ4n) is 2.52. The highest BCUT2D eigenvalue weighted by molar-refractivity contribution is 5.77. The molecule has 17 heavy (non-hydrogen) atoms. The Morgan fingerprint density at radius 1 is 1.18 bits per heavy atom. The van der Waals surface area contributed by atoms with E-state index in [1.165, 1.54) is 37.9 Å². The molecule has 0 saturated carbocycles. The summed E-state index contributed by atoms with van der Waals surface area (Å²) in [4.78, 5) is 2.46. The summed E-state index contributed by atoms with van der Waals surface area (Å²) in [6.45, 7) is 5.34. The van der Waals surface area contributed by atoms with Gasteiger partial charge in [0.2, 0.25) is 0 Å². The van der Waals surface area contributed by atoms with E-state index in [9.17, 15) is 0 Å². The van der Waals surface area contributed by atoms with Crippen molar-refractivity contribution in [1.82, 2.24) is 19.9 Å². The summed E-state index contributed by atoms with van der Waals surface area (Å²) in [6, 6.07) is 6.27. The molecule has 0 spiro atoms. The van der Waals surface area contributed by atoms with Crippen molar-refractivity contribution < 1.29 is 0 Å². The summed E-state index contributed by atoms with van der Waals surface area (Å²) in [5.41, 5.74) is 3.38. The largest absolute Gasteiger partial charge is 0.284 e. The number of aromatic nitrogens is 3. The maximum atomic E-state index is 4.28. The zero-order valence-electron chi connectivity index (χ0n) is 10.3. The van der Waals surface area contributed by atoms with Crippen molar-refractivity contribution in [3.05, 3.63) is 23.8 Å². The van der Waals surface area contributed by atoms with Crippen LogP contribution in [0.5, 0.6) is 0 Å². The molecule has 2 heterocycles. The van der Waals surface area contributed by atoms with Crippen molar-refractivity contribution in [1.29, 1.82) is 0 Å². The standard InChI is InChI=1S/C13H18N4/c1-11-6-5-7-12-13(11)14-15-17(12)10-16-8-3-2-4-9-16/h5-7H,2-4,8-10H2,1H3. The van der Waals surface area contributed by atoms with Crippen LogP contribution in [0.15, 0.2) is 18.2 Å². The van der Waals surface area contributed by atoms with Crippen LogP contribution in [0, 0.1) is 6.92 Å². The Bertz CT molecular complexity index is 511. The smallest absolute Gasteiger partial charge is 0.116 e. The Morgan fingerprint density at radius 2 is 2.00 bits per heavy atom. The second-order valence-corrected chi connectivity index (χ2v) is 4.85. The molecule has 0 N–H and O–H groups in total. The highest BCUT2D eigenvalue weighted by Gasteiger charge is 2.13. The van der Waals surface area contributed by atoms with Gasteiger partial charge in [-0.3, -0.25) is 4.90 Å². The van der Waals surface area contributed by atoms with Crippen molar-refractivity contribution in [3.63, 3.8) is 0 Å². The second-order valence-electron chi connectivity index (χ2n) is 4.85. The molecule has 0 bridgehead atoms. The van der Waals surface area contributed by atoms with E-state index < -0.39 is 0 Å². The maximum Gasteiger partial charge on any atom is 0.116 e. The quantitative estimate of drug-likeness (QED) is 0.793. The lowest BCUT2D eigenvalue weighted by molar-refractivity contribution is 0.175. The van der Waals surface area contributed by atoms with Crippen LogP contribution in [0.4, 0.5) is 0 Å². The lowest BCUT2D eigenvalue weighted by Crippen LogP contribution is -2.32. The first-order valence-corrected chi connectivity index (χ1v) is 6.36. The van der Waals surface area contributed by atoms with Crippen LogP contribution in [-0.4, -0.2) is 33.0 Å². The van der Waals surface area contributed by atoms with Crippen molar-refractivity contribution in [2.75, 3.05) is 13.1 Å². The molecule has 2 aromatic rings. The zero-order chi connectivity index (χ0) is 11.7. The van der Waals surface area contributed by atoms with Crippen molar-refractivity contribution in [3.8, 4) is 0 Å². The van der Waals surface area contributed by atoms with Crippen LogP contribution in [0.3, 0.4) is 0 Å². The van der Waals surface area contributed by atoms with Gasteiger partial charge in [-0.1, -0.05) is 23.8 Å². The highest BCUT2D eigenvalue weighted by atomic mass is 15.5. The lowest BCUT2D eigenvalue weighted by atomic mass is 10.1. The van der Waals surface area contributed by atoms with Crippen LogP contribution >= 0.6 is 0 Å². The monoisotopic (exact) mass is 230 g/mol. The molecule has 1 aliphatic rings. The first-order valence-electron chi connectivity index (χ1n) is 6.36. The molecule has 0 unspecified atom stereocenters. The van der Waals surface area contributed by atoms with Crippen LogP contribution in [0.1, 0.15) is 24.8 Å². The zero-order valence-corrected chi connectivity index (χ0v) is 10.3. The Hall–Kier alpha value is -1.42. The van der Waals surface area contributed by atoms with Gasteiger partial charge in [-0.2, -0.15) is 0 Å². The van der Waals surface area contributed by atoms with E-state index in [0.717, 1.165) is 17.7 Å². The van der Waals surface area contributed by atoms with Gasteiger partial charge in [0.1, 0.15) is 5.52 Å². The summed E-state index contributed by atoms with van der Waals surface area (Å²) >= 11 is 0. The Balaban J connectivity index is 1.87. The fraction of sp³-hybridized carbons (Fsp3) is 0.538. The molecule has 1 aliphatic heterocycles. The van der Waals surface area contributed by atoms with Gasteiger partial charge in [0.25, 0.3) is 0 Å². The molecule has 1 aromatic carbocycles. The predicted octanol–water partition coefficient (Wildman–Crippen LogP) is 2.18. The average Bonchev–Trinajstić information content (AvgIpc) is 2.76. The third-order valence-corrected chi connectivity index (χ3v) is 3.53. The first kappa shape index (κ1) is 10.7. The minimum Gasteiger partial charge on any atom is -0.284 e. The highest BCUT2D eigenvalue weighted by Crippen LogP contribution is 2.16. The molecule has 3 rings (SSSR count). The number of aryl methyl sites for hydroxylation is 1. The van der Waals surface area contributed by atoms with Crippen molar-refractivity contribution in [2.24, 2.45) is 0 Å². The molecule has 0 amide bonds. The van der Waals surface area contributed by atoms with Gasteiger partial charge in [0.05, 0.1) is 12.2 Å². The third kappa shape index (κ3) is 2.05. The van der Waals surface area contributed by atoms with E-state index in [0.29, 0.717) is 0 Å². The van der Waals surface area contributed by atoms with Gasteiger partial charge >= 0.3 is 0 Å². The van der Waals surface area contributed by atoms with Gasteiger partial charge in [-0.15, -0.1) is 5.10 Å². The number of rotatable bonds is 2. The van der Waals surface area contributed by atoms with Gasteiger partial charge in [-0.05, 0) is 44.5 Å². The third-order valence-electron chi connectivity index (χ3n) is 3.53. The van der Waals surface area contributed by atoms with Crippen LogP contribution in [0.2, 0.25) is 0 Å². The van der Waals surface area contributed by atoms with E-state index >= 15 is 0 Å².